The van der Waals surface area contributed by atoms with Crippen LogP contribution in [-0.2, 0) is 10.0 Å². The average Bonchev–Trinajstić information content (AvgIpc) is 2.66. The molecule has 0 aromatic carbocycles. The molecular formula is C6H13NO3S. The lowest BCUT2D eigenvalue weighted by molar-refractivity contribution is 0.265. The van der Waals surface area contributed by atoms with E-state index in [4.69, 9.17) is 5.11 Å². The molecule has 11 heavy (non-hydrogen) atoms. The lowest BCUT2D eigenvalue weighted by atomic mass is 10.4. The summed E-state index contributed by atoms with van der Waals surface area (Å²) in [5.41, 5.74) is 0. The van der Waals surface area contributed by atoms with Gasteiger partial charge in [0.1, 0.15) is 0 Å². The lowest BCUT2D eigenvalue weighted by Gasteiger charge is -2.09. The van der Waals surface area contributed by atoms with Crippen molar-refractivity contribution in [2.75, 3.05) is 6.61 Å². The zero-order valence-electron chi connectivity index (χ0n) is 6.45. The van der Waals surface area contributed by atoms with Crippen molar-refractivity contribution >= 4 is 10.0 Å². The third kappa shape index (κ3) is 2.43. The number of aliphatic hydroxyl groups excluding tert-OH is 1. The number of hydrogen-bond acceptors (Lipinski definition) is 3. The largest absolute Gasteiger partial charge is 0.395 e. The zero-order valence-corrected chi connectivity index (χ0v) is 7.26. The van der Waals surface area contributed by atoms with Crippen LogP contribution in [0.15, 0.2) is 0 Å². The van der Waals surface area contributed by atoms with Gasteiger partial charge < -0.3 is 5.11 Å². The van der Waals surface area contributed by atoms with Crippen molar-refractivity contribution in [2.24, 2.45) is 0 Å². The van der Waals surface area contributed by atoms with Gasteiger partial charge in [-0.05, 0) is 19.8 Å². The first kappa shape index (κ1) is 8.96. The smallest absolute Gasteiger partial charge is 0.214 e. The fourth-order valence-corrected chi connectivity index (χ4v) is 2.38. The molecule has 0 amide bonds. The summed E-state index contributed by atoms with van der Waals surface area (Å²) >= 11 is 0. The molecule has 1 rings (SSSR count). The summed E-state index contributed by atoms with van der Waals surface area (Å²) in [6.07, 6.45) is 1.51. The summed E-state index contributed by atoms with van der Waals surface area (Å²) in [6.45, 7) is 1.49. The quantitative estimate of drug-likeness (QED) is 0.608. The van der Waals surface area contributed by atoms with E-state index in [-0.39, 0.29) is 17.9 Å². The Labute approximate surface area is 66.7 Å². The maximum absolute atomic E-state index is 11.1. The van der Waals surface area contributed by atoms with E-state index < -0.39 is 10.0 Å². The Bertz CT molecular complexity index is 220. The average molecular weight is 179 g/mol. The minimum Gasteiger partial charge on any atom is -0.395 e. The van der Waals surface area contributed by atoms with Crippen molar-refractivity contribution in [2.45, 2.75) is 31.1 Å². The minimum absolute atomic E-state index is 0.147. The molecule has 1 fully saturated rings. The molecule has 0 heterocycles. The molecule has 1 aliphatic carbocycles. The number of aliphatic hydroxyl groups is 1. The van der Waals surface area contributed by atoms with E-state index in [9.17, 15) is 8.42 Å². The summed E-state index contributed by atoms with van der Waals surface area (Å²) < 4.78 is 24.7. The van der Waals surface area contributed by atoms with Gasteiger partial charge in [-0.15, -0.1) is 0 Å². The third-order valence-electron chi connectivity index (χ3n) is 1.60. The van der Waals surface area contributed by atoms with Gasteiger partial charge in [0.25, 0.3) is 0 Å². The van der Waals surface area contributed by atoms with Gasteiger partial charge in [-0.2, -0.15) is 0 Å². The Morgan fingerprint density at radius 1 is 1.64 bits per heavy atom. The van der Waals surface area contributed by atoms with Crippen LogP contribution in [0.3, 0.4) is 0 Å². The predicted octanol–water partition coefficient (Wildman–Crippen LogP) is -0.551. The molecule has 0 aromatic heterocycles. The summed E-state index contributed by atoms with van der Waals surface area (Å²) in [6, 6.07) is -0.361. The molecule has 5 heteroatoms. The van der Waals surface area contributed by atoms with Crippen LogP contribution < -0.4 is 4.72 Å². The molecule has 0 unspecified atom stereocenters. The number of rotatable bonds is 4. The molecule has 4 nitrogen and oxygen atoms in total. The fourth-order valence-electron chi connectivity index (χ4n) is 0.792. The highest BCUT2D eigenvalue weighted by molar-refractivity contribution is 7.90. The number of hydrogen-bond donors (Lipinski definition) is 2. The molecule has 66 valence electrons. The van der Waals surface area contributed by atoms with Gasteiger partial charge in [-0.25, -0.2) is 13.1 Å². The van der Waals surface area contributed by atoms with Crippen molar-refractivity contribution in [1.82, 2.24) is 4.72 Å². The molecule has 1 aliphatic rings. The fraction of sp³-hybridized carbons (Fsp3) is 1.00. The van der Waals surface area contributed by atoms with Crippen LogP contribution in [0, 0.1) is 0 Å². The van der Waals surface area contributed by atoms with Gasteiger partial charge in [0.2, 0.25) is 10.0 Å². The van der Waals surface area contributed by atoms with Gasteiger partial charge in [0, 0.05) is 6.04 Å². The molecule has 0 saturated heterocycles. The second-order valence-electron chi connectivity index (χ2n) is 2.95. The van der Waals surface area contributed by atoms with Gasteiger partial charge in [-0.1, -0.05) is 0 Å². The van der Waals surface area contributed by atoms with E-state index >= 15 is 0 Å². The lowest BCUT2D eigenvalue weighted by Crippen LogP contribution is -2.37. The zero-order chi connectivity index (χ0) is 8.48. The molecule has 1 saturated carbocycles. The predicted molar refractivity (Wildman–Crippen MR) is 41.6 cm³/mol. The Morgan fingerprint density at radius 3 is 2.55 bits per heavy atom. The van der Waals surface area contributed by atoms with E-state index in [1.165, 1.54) is 0 Å². The van der Waals surface area contributed by atoms with Gasteiger partial charge in [-0.3, -0.25) is 0 Å². The molecule has 2 N–H and O–H groups in total. The second kappa shape index (κ2) is 3.08. The first-order valence-electron chi connectivity index (χ1n) is 3.68. The SMILES string of the molecule is C[C@H](CO)NS(=O)(=O)C1CC1. The van der Waals surface area contributed by atoms with Crippen LogP contribution in [0.5, 0.6) is 0 Å². The van der Waals surface area contributed by atoms with Crippen LogP contribution in [0.25, 0.3) is 0 Å². The van der Waals surface area contributed by atoms with Gasteiger partial charge in [0.15, 0.2) is 0 Å². The Hall–Kier alpha value is -0.130. The molecule has 0 bridgehead atoms. The summed E-state index contributed by atoms with van der Waals surface area (Å²) in [5, 5.41) is 8.38. The highest BCUT2D eigenvalue weighted by Gasteiger charge is 2.36. The normalized spacial score (nSPS) is 21.6. The van der Waals surface area contributed by atoms with Crippen LogP contribution >= 0.6 is 0 Å². The topological polar surface area (TPSA) is 66.4 Å². The number of nitrogens with one attached hydrogen (secondary N) is 1. The Balaban J connectivity index is 2.46. The third-order valence-corrected chi connectivity index (χ3v) is 3.68. The van der Waals surface area contributed by atoms with E-state index in [0.717, 1.165) is 12.8 Å². The first-order chi connectivity index (χ1) is 5.06. The van der Waals surface area contributed by atoms with Crippen molar-refractivity contribution in [3.05, 3.63) is 0 Å². The minimum atomic E-state index is -3.11. The molecular weight excluding hydrogens is 166 g/mol. The Kier molecular flexibility index (Phi) is 2.51. The van der Waals surface area contributed by atoms with Gasteiger partial charge >= 0.3 is 0 Å². The molecule has 0 aromatic rings. The van der Waals surface area contributed by atoms with Crippen molar-refractivity contribution in [3.8, 4) is 0 Å². The summed E-state index contributed by atoms with van der Waals surface area (Å²) in [4.78, 5) is 0. The van der Waals surface area contributed by atoms with E-state index in [1.807, 2.05) is 0 Å². The van der Waals surface area contributed by atoms with Crippen molar-refractivity contribution in [3.63, 3.8) is 0 Å². The molecule has 0 aliphatic heterocycles. The molecule has 0 spiro atoms. The van der Waals surface area contributed by atoms with Crippen LogP contribution in [-0.4, -0.2) is 31.4 Å². The van der Waals surface area contributed by atoms with E-state index in [0.29, 0.717) is 0 Å². The summed E-state index contributed by atoms with van der Waals surface area (Å²) in [5.74, 6) is 0. The maximum atomic E-state index is 11.1. The van der Waals surface area contributed by atoms with E-state index in [1.54, 1.807) is 6.92 Å². The first-order valence-corrected chi connectivity index (χ1v) is 5.23. The van der Waals surface area contributed by atoms with Crippen LogP contribution in [0.1, 0.15) is 19.8 Å². The van der Waals surface area contributed by atoms with Crippen LogP contribution in [0.4, 0.5) is 0 Å². The standard InChI is InChI=1S/C6H13NO3S/c1-5(4-8)7-11(9,10)6-2-3-6/h5-8H,2-4H2,1H3/t5-/m1/s1. The van der Waals surface area contributed by atoms with Crippen molar-refractivity contribution in [1.29, 1.82) is 0 Å². The van der Waals surface area contributed by atoms with Gasteiger partial charge in [0.05, 0.1) is 11.9 Å². The maximum Gasteiger partial charge on any atom is 0.214 e. The molecule has 0 radical (unpaired) electrons. The summed E-state index contributed by atoms with van der Waals surface area (Å²) in [7, 11) is -3.11. The monoisotopic (exact) mass is 179 g/mol. The Morgan fingerprint density at radius 2 is 2.18 bits per heavy atom. The second-order valence-corrected chi connectivity index (χ2v) is 4.94. The number of sulfonamides is 1. The van der Waals surface area contributed by atoms with Crippen LogP contribution in [0.2, 0.25) is 0 Å². The van der Waals surface area contributed by atoms with Crippen molar-refractivity contribution < 1.29 is 13.5 Å². The highest BCUT2D eigenvalue weighted by Crippen LogP contribution is 2.27. The highest BCUT2D eigenvalue weighted by atomic mass is 32.2. The molecule has 1 atom stereocenters. The van der Waals surface area contributed by atoms with E-state index in [2.05, 4.69) is 4.72 Å².